The van der Waals surface area contributed by atoms with Gasteiger partial charge in [-0.25, -0.2) is 9.98 Å². The van der Waals surface area contributed by atoms with Crippen LogP contribution in [0.1, 0.15) is 73.6 Å². The summed E-state index contributed by atoms with van der Waals surface area (Å²) < 4.78 is 12.5. The summed E-state index contributed by atoms with van der Waals surface area (Å²) in [6, 6.07) is 18.1. The molecule has 2 aliphatic carbocycles. The molecule has 0 radical (unpaired) electrons. The van der Waals surface area contributed by atoms with Gasteiger partial charge in [-0.05, 0) is 74.6 Å². The van der Waals surface area contributed by atoms with Gasteiger partial charge in [-0.15, -0.1) is 0 Å². The number of hydrogen-bond acceptors (Lipinski definition) is 4. The fourth-order valence-electron chi connectivity index (χ4n) is 6.35. The highest BCUT2D eigenvalue weighted by molar-refractivity contribution is 6.05. The fraction of sp³-hybridized carbons (Fsp3) is 0.517. The number of hydrogen-bond donors (Lipinski definition) is 0. The molecule has 2 unspecified atom stereocenters. The SMILES string of the molecule is CC(C)(C1=N[C@@H](C2CCCc3ccccc32)CO1)C1=N[C@@H](C2CCCc3ccccc32)CO1. The monoisotopic (exact) mass is 442 g/mol. The minimum Gasteiger partial charge on any atom is -0.478 e. The molecule has 4 nitrogen and oxygen atoms in total. The molecule has 0 bridgehead atoms. The molecule has 6 rings (SSSR count). The Labute approximate surface area is 197 Å². The van der Waals surface area contributed by atoms with E-state index in [4.69, 9.17) is 19.5 Å². The van der Waals surface area contributed by atoms with Crippen LogP contribution < -0.4 is 0 Å². The average molecular weight is 443 g/mol. The lowest BCUT2D eigenvalue weighted by atomic mass is 9.79. The zero-order chi connectivity index (χ0) is 22.4. The maximum atomic E-state index is 6.24. The zero-order valence-electron chi connectivity index (χ0n) is 19.8. The highest BCUT2D eigenvalue weighted by atomic mass is 16.5. The topological polar surface area (TPSA) is 43.2 Å². The molecular weight excluding hydrogens is 408 g/mol. The summed E-state index contributed by atoms with van der Waals surface area (Å²) in [6.45, 7) is 5.62. The van der Waals surface area contributed by atoms with Gasteiger partial charge in [0, 0.05) is 11.8 Å². The van der Waals surface area contributed by atoms with E-state index in [1.54, 1.807) is 0 Å². The molecule has 172 valence electrons. The Morgan fingerprint density at radius 2 is 1.15 bits per heavy atom. The molecule has 4 aliphatic rings. The molecule has 0 amide bonds. The molecule has 0 spiro atoms. The average Bonchev–Trinajstić information content (AvgIpc) is 3.55. The lowest BCUT2D eigenvalue weighted by Crippen LogP contribution is -2.34. The second-order valence-corrected chi connectivity index (χ2v) is 10.6. The van der Waals surface area contributed by atoms with Gasteiger partial charge in [0.15, 0.2) is 11.8 Å². The summed E-state index contributed by atoms with van der Waals surface area (Å²) >= 11 is 0. The van der Waals surface area contributed by atoms with Crippen LogP contribution in [0.2, 0.25) is 0 Å². The number of rotatable bonds is 4. The van der Waals surface area contributed by atoms with Gasteiger partial charge in [-0.2, -0.15) is 0 Å². The lowest BCUT2D eigenvalue weighted by molar-refractivity contribution is 0.250. The van der Waals surface area contributed by atoms with Crippen molar-refractivity contribution < 1.29 is 9.47 Å². The van der Waals surface area contributed by atoms with E-state index in [1.165, 1.54) is 60.8 Å². The number of benzene rings is 2. The van der Waals surface area contributed by atoms with Gasteiger partial charge >= 0.3 is 0 Å². The Balaban J connectivity index is 1.23. The fourth-order valence-corrected chi connectivity index (χ4v) is 6.35. The molecule has 2 aromatic carbocycles. The van der Waals surface area contributed by atoms with Gasteiger partial charge in [0.1, 0.15) is 18.6 Å². The van der Waals surface area contributed by atoms with E-state index in [-0.39, 0.29) is 12.1 Å². The Kier molecular flexibility index (Phi) is 5.27. The number of aryl methyl sites for hydroxylation is 2. The van der Waals surface area contributed by atoms with Gasteiger partial charge in [-0.3, -0.25) is 0 Å². The van der Waals surface area contributed by atoms with Gasteiger partial charge in [-0.1, -0.05) is 48.5 Å². The molecule has 0 fully saturated rings. The van der Waals surface area contributed by atoms with E-state index >= 15 is 0 Å². The van der Waals surface area contributed by atoms with Crippen LogP contribution in [-0.2, 0) is 22.3 Å². The zero-order valence-corrected chi connectivity index (χ0v) is 19.8. The van der Waals surface area contributed by atoms with Crippen molar-refractivity contribution in [1.29, 1.82) is 0 Å². The smallest absolute Gasteiger partial charge is 0.199 e. The maximum Gasteiger partial charge on any atom is 0.199 e. The largest absolute Gasteiger partial charge is 0.478 e. The van der Waals surface area contributed by atoms with E-state index in [9.17, 15) is 0 Å². The summed E-state index contributed by atoms with van der Waals surface area (Å²) in [5.41, 5.74) is 5.45. The van der Waals surface area contributed by atoms with Crippen LogP contribution in [0.5, 0.6) is 0 Å². The van der Waals surface area contributed by atoms with Crippen molar-refractivity contribution in [2.45, 2.75) is 76.3 Å². The van der Waals surface area contributed by atoms with Crippen molar-refractivity contribution >= 4 is 11.8 Å². The molecular formula is C29H34N2O2. The molecule has 0 saturated heterocycles. The molecule has 2 heterocycles. The third-order valence-electron chi connectivity index (χ3n) is 8.18. The number of fused-ring (bicyclic) bond motifs is 2. The van der Waals surface area contributed by atoms with Crippen LogP contribution in [0.25, 0.3) is 0 Å². The first-order valence-corrected chi connectivity index (χ1v) is 12.7. The molecule has 4 atom stereocenters. The Morgan fingerprint density at radius 3 is 1.64 bits per heavy atom. The van der Waals surface area contributed by atoms with Gasteiger partial charge in [0.05, 0.1) is 12.1 Å². The van der Waals surface area contributed by atoms with Crippen molar-refractivity contribution in [1.82, 2.24) is 0 Å². The summed E-state index contributed by atoms with van der Waals surface area (Å²) in [6.07, 6.45) is 7.18. The highest BCUT2D eigenvalue weighted by Crippen LogP contribution is 2.41. The minimum atomic E-state index is -0.439. The molecule has 4 heteroatoms. The quantitative estimate of drug-likeness (QED) is 0.596. The molecule has 0 N–H and O–H groups in total. The van der Waals surface area contributed by atoms with Gasteiger partial charge in [0.25, 0.3) is 0 Å². The van der Waals surface area contributed by atoms with Crippen LogP contribution >= 0.6 is 0 Å². The number of nitrogens with zero attached hydrogens (tertiary/aromatic N) is 2. The molecule has 2 aliphatic heterocycles. The van der Waals surface area contributed by atoms with E-state index < -0.39 is 5.41 Å². The van der Waals surface area contributed by atoms with E-state index in [0.29, 0.717) is 25.0 Å². The van der Waals surface area contributed by atoms with Gasteiger partial charge < -0.3 is 9.47 Å². The normalized spacial score (nSPS) is 28.8. The van der Waals surface area contributed by atoms with E-state index in [1.807, 2.05) is 0 Å². The summed E-state index contributed by atoms with van der Waals surface area (Å²) in [4.78, 5) is 10.3. The van der Waals surface area contributed by atoms with E-state index in [2.05, 4.69) is 62.4 Å². The van der Waals surface area contributed by atoms with Crippen LogP contribution in [0.4, 0.5) is 0 Å². The number of ether oxygens (including phenoxy) is 2. The van der Waals surface area contributed by atoms with Gasteiger partial charge in [0.2, 0.25) is 0 Å². The summed E-state index contributed by atoms with van der Waals surface area (Å²) in [5, 5.41) is 0. The van der Waals surface area contributed by atoms with Crippen LogP contribution in [-0.4, -0.2) is 37.1 Å². The number of aliphatic imine (C=N–C) groups is 2. The summed E-state index contributed by atoms with van der Waals surface area (Å²) in [7, 11) is 0. The standard InChI is InChI=1S/C29H34N2O2/c1-29(2,27-30-25(17-32-27)23-15-7-11-19-9-3-5-13-21(19)23)28-31-26(18-33-28)24-16-8-12-20-10-4-6-14-22(20)24/h3-6,9-10,13-14,23-26H,7-8,11-12,15-18H2,1-2H3/t23?,24?,25-,26-/m1/s1. The van der Waals surface area contributed by atoms with Crippen molar-refractivity contribution in [2.24, 2.45) is 15.4 Å². The van der Waals surface area contributed by atoms with Crippen molar-refractivity contribution in [3.63, 3.8) is 0 Å². The van der Waals surface area contributed by atoms with Crippen molar-refractivity contribution in [2.75, 3.05) is 13.2 Å². The third kappa shape index (κ3) is 3.68. The van der Waals surface area contributed by atoms with Crippen LogP contribution in [0.15, 0.2) is 58.5 Å². The van der Waals surface area contributed by atoms with E-state index in [0.717, 1.165) is 11.8 Å². The highest BCUT2D eigenvalue weighted by Gasteiger charge is 2.44. The maximum absolute atomic E-state index is 6.24. The lowest BCUT2D eigenvalue weighted by Gasteiger charge is -2.27. The molecule has 33 heavy (non-hydrogen) atoms. The predicted octanol–water partition coefficient (Wildman–Crippen LogP) is 5.85. The first kappa shape index (κ1) is 20.9. The second-order valence-electron chi connectivity index (χ2n) is 10.6. The Morgan fingerprint density at radius 1 is 0.697 bits per heavy atom. The predicted molar refractivity (Wildman–Crippen MR) is 132 cm³/mol. The summed E-state index contributed by atoms with van der Waals surface area (Å²) in [5.74, 6) is 2.47. The van der Waals surface area contributed by atoms with Crippen molar-refractivity contribution in [3.8, 4) is 0 Å². The van der Waals surface area contributed by atoms with Crippen LogP contribution in [0, 0.1) is 5.41 Å². The minimum absolute atomic E-state index is 0.184. The second kappa shape index (κ2) is 8.30. The third-order valence-corrected chi connectivity index (χ3v) is 8.18. The van der Waals surface area contributed by atoms with Crippen molar-refractivity contribution in [3.05, 3.63) is 70.8 Å². The Bertz CT molecular complexity index is 1020. The van der Waals surface area contributed by atoms with Crippen LogP contribution in [0.3, 0.4) is 0 Å². The molecule has 0 aromatic heterocycles. The Hall–Kier alpha value is -2.62. The molecule has 0 saturated carbocycles. The first-order valence-electron chi connectivity index (χ1n) is 12.7. The molecule has 2 aromatic rings. The first-order chi connectivity index (χ1) is 16.1.